The second-order valence-electron chi connectivity index (χ2n) is 7.06. The van der Waals surface area contributed by atoms with Crippen LogP contribution in [0.1, 0.15) is 25.7 Å². The molecule has 1 saturated carbocycles. The minimum atomic E-state index is -3.56. The van der Waals surface area contributed by atoms with Gasteiger partial charge in [-0.1, -0.05) is 11.6 Å². The summed E-state index contributed by atoms with van der Waals surface area (Å²) in [6.45, 7) is 0.358. The lowest BCUT2D eigenvalue weighted by Crippen LogP contribution is -2.33. The van der Waals surface area contributed by atoms with E-state index in [2.05, 4.69) is 10.0 Å². The lowest BCUT2D eigenvalue weighted by molar-refractivity contribution is -0.121. The maximum atomic E-state index is 12.4. The van der Waals surface area contributed by atoms with Crippen LogP contribution in [0.2, 0.25) is 5.02 Å². The van der Waals surface area contributed by atoms with Gasteiger partial charge >= 0.3 is 0 Å². The van der Waals surface area contributed by atoms with Gasteiger partial charge in [-0.3, -0.25) is 4.79 Å². The highest BCUT2D eigenvalue weighted by Crippen LogP contribution is 2.30. The molecule has 1 aliphatic rings. The van der Waals surface area contributed by atoms with E-state index in [0.29, 0.717) is 17.3 Å². The summed E-state index contributed by atoms with van der Waals surface area (Å²) in [4.78, 5) is 12.6. The molecule has 8 heteroatoms. The number of carbonyl (C=O) groups is 1. The first-order chi connectivity index (χ1) is 13.3. The number of hydrogen-bond donors (Lipinski definition) is 3. The number of phenolic OH excluding ortho intramolecular Hbond substituents is 1. The van der Waals surface area contributed by atoms with E-state index in [1.165, 1.54) is 24.3 Å². The van der Waals surface area contributed by atoms with Crippen LogP contribution < -0.4 is 10.0 Å². The summed E-state index contributed by atoms with van der Waals surface area (Å²) < 4.78 is 27.4. The van der Waals surface area contributed by atoms with Gasteiger partial charge in [0, 0.05) is 23.2 Å². The number of anilines is 1. The van der Waals surface area contributed by atoms with Crippen molar-refractivity contribution in [2.45, 2.75) is 30.6 Å². The maximum absolute atomic E-state index is 12.4. The first-order valence-electron chi connectivity index (χ1n) is 9.18. The number of sulfonamides is 1. The van der Waals surface area contributed by atoms with Crippen LogP contribution in [0.4, 0.5) is 5.69 Å². The number of hydrogen-bond acceptors (Lipinski definition) is 4. The molecule has 1 fully saturated rings. The van der Waals surface area contributed by atoms with Gasteiger partial charge in [0.15, 0.2) is 0 Å². The SMILES string of the molecule is O=C(Nc1ccc(O)cc1)C1CCC(CNS(=O)(=O)c2ccc(Cl)cc2)CC1. The predicted octanol–water partition coefficient (Wildman–Crippen LogP) is 3.77. The Morgan fingerprint density at radius 1 is 1.00 bits per heavy atom. The lowest BCUT2D eigenvalue weighted by atomic mass is 9.81. The molecule has 1 amide bonds. The van der Waals surface area contributed by atoms with Crippen molar-refractivity contribution >= 4 is 33.2 Å². The lowest BCUT2D eigenvalue weighted by Gasteiger charge is -2.27. The van der Waals surface area contributed by atoms with Gasteiger partial charge in [0.25, 0.3) is 0 Å². The third-order valence-electron chi connectivity index (χ3n) is 5.04. The van der Waals surface area contributed by atoms with Gasteiger partial charge in [-0.15, -0.1) is 0 Å². The normalized spacial score (nSPS) is 19.9. The molecule has 0 aliphatic heterocycles. The number of nitrogens with one attached hydrogen (secondary N) is 2. The number of halogens is 1. The molecule has 0 spiro atoms. The molecule has 150 valence electrons. The molecule has 0 unspecified atom stereocenters. The van der Waals surface area contributed by atoms with Crippen LogP contribution in [0, 0.1) is 11.8 Å². The van der Waals surface area contributed by atoms with E-state index in [-0.39, 0.29) is 28.4 Å². The average Bonchev–Trinajstić information content (AvgIpc) is 2.69. The summed E-state index contributed by atoms with van der Waals surface area (Å²) in [6, 6.07) is 12.4. The average molecular weight is 423 g/mol. The van der Waals surface area contributed by atoms with Crippen molar-refractivity contribution < 1.29 is 18.3 Å². The van der Waals surface area contributed by atoms with E-state index in [1.807, 2.05) is 0 Å². The van der Waals surface area contributed by atoms with Crippen molar-refractivity contribution in [3.63, 3.8) is 0 Å². The molecular weight excluding hydrogens is 400 g/mol. The molecule has 0 saturated heterocycles. The third kappa shape index (κ3) is 5.47. The highest BCUT2D eigenvalue weighted by molar-refractivity contribution is 7.89. The zero-order valence-electron chi connectivity index (χ0n) is 15.3. The van der Waals surface area contributed by atoms with Gasteiger partial charge in [0.2, 0.25) is 15.9 Å². The number of phenols is 1. The predicted molar refractivity (Wildman–Crippen MR) is 109 cm³/mol. The summed E-state index contributed by atoms with van der Waals surface area (Å²) in [7, 11) is -3.56. The van der Waals surface area contributed by atoms with Gasteiger partial charge in [0.1, 0.15) is 5.75 Å². The van der Waals surface area contributed by atoms with Crippen molar-refractivity contribution in [2.24, 2.45) is 11.8 Å². The molecule has 0 radical (unpaired) electrons. The molecular formula is C20H23ClN2O4S. The van der Waals surface area contributed by atoms with Crippen LogP contribution in [0.25, 0.3) is 0 Å². The highest BCUT2D eigenvalue weighted by atomic mass is 35.5. The summed E-state index contributed by atoms with van der Waals surface area (Å²) in [5, 5.41) is 12.6. The van der Waals surface area contributed by atoms with Gasteiger partial charge < -0.3 is 10.4 Å². The third-order valence-corrected chi connectivity index (χ3v) is 6.73. The zero-order valence-corrected chi connectivity index (χ0v) is 16.8. The topological polar surface area (TPSA) is 95.5 Å². The Morgan fingerprint density at radius 2 is 1.61 bits per heavy atom. The fraction of sp³-hybridized carbons (Fsp3) is 0.350. The van der Waals surface area contributed by atoms with Crippen LogP contribution in [0.15, 0.2) is 53.4 Å². The molecule has 1 aliphatic carbocycles. The van der Waals surface area contributed by atoms with Gasteiger partial charge in [0.05, 0.1) is 4.90 Å². The first kappa shape index (κ1) is 20.6. The number of rotatable bonds is 6. The Kier molecular flexibility index (Phi) is 6.59. The summed E-state index contributed by atoms with van der Waals surface area (Å²) in [5.41, 5.74) is 0.653. The summed E-state index contributed by atoms with van der Waals surface area (Å²) in [6.07, 6.45) is 3.02. The van der Waals surface area contributed by atoms with Gasteiger partial charge in [-0.2, -0.15) is 0 Å². The second-order valence-corrected chi connectivity index (χ2v) is 9.26. The number of aromatic hydroxyl groups is 1. The van der Waals surface area contributed by atoms with Gasteiger partial charge in [-0.25, -0.2) is 13.1 Å². The van der Waals surface area contributed by atoms with Crippen molar-refractivity contribution in [3.8, 4) is 5.75 Å². The van der Waals surface area contributed by atoms with E-state index >= 15 is 0 Å². The standard InChI is InChI=1S/C20H23ClN2O4S/c21-16-5-11-19(12-6-16)28(26,27)22-13-14-1-3-15(4-2-14)20(25)23-17-7-9-18(24)10-8-17/h5-12,14-15,22,24H,1-4,13H2,(H,23,25). The molecule has 3 N–H and O–H groups in total. The molecule has 0 atom stereocenters. The number of amides is 1. The Labute approximate surface area is 170 Å². The molecule has 3 rings (SSSR count). The molecule has 28 heavy (non-hydrogen) atoms. The number of carbonyl (C=O) groups excluding carboxylic acids is 1. The van der Waals surface area contributed by atoms with Crippen molar-refractivity contribution in [1.29, 1.82) is 0 Å². The molecule has 0 aromatic heterocycles. The minimum absolute atomic E-state index is 0.0362. The van der Waals surface area contributed by atoms with Crippen LogP contribution in [0.3, 0.4) is 0 Å². The first-order valence-corrected chi connectivity index (χ1v) is 11.0. The highest BCUT2D eigenvalue weighted by Gasteiger charge is 2.27. The fourth-order valence-corrected chi connectivity index (χ4v) is 4.58. The van der Waals surface area contributed by atoms with E-state index in [1.54, 1.807) is 24.3 Å². The quantitative estimate of drug-likeness (QED) is 0.617. The molecule has 6 nitrogen and oxygen atoms in total. The van der Waals surface area contributed by atoms with Gasteiger partial charge in [-0.05, 0) is 80.1 Å². The Balaban J connectivity index is 1.46. The Bertz CT molecular complexity index is 906. The van der Waals surface area contributed by atoms with Crippen molar-refractivity contribution in [2.75, 3.05) is 11.9 Å². The summed E-state index contributed by atoms with van der Waals surface area (Å²) in [5.74, 6) is 0.239. The van der Waals surface area contributed by atoms with E-state index < -0.39 is 10.0 Å². The van der Waals surface area contributed by atoms with Crippen LogP contribution in [-0.2, 0) is 14.8 Å². The van der Waals surface area contributed by atoms with Crippen molar-refractivity contribution in [3.05, 3.63) is 53.6 Å². The zero-order chi connectivity index (χ0) is 20.1. The minimum Gasteiger partial charge on any atom is -0.508 e. The summed E-state index contributed by atoms with van der Waals surface area (Å²) >= 11 is 5.80. The molecule has 0 heterocycles. The maximum Gasteiger partial charge on any atom is 0.240 e. The Morgan fingerprint density at radius 3 is 2.21 bits per heavy atom. The second kappa shape index (κ2) is 8.94. The molecule has 0 bridgehead atoms. The number of benzene rings is 2. The van der Waals surface area contributed by atoms with Crippen molar-refractivity contribution in [1.82, 2.24) is 4.72 Å². The Hall–Kier alpha value is -2.09. The van der Waals surface area contributed by atoms with Crippen LogP contribution in [-0.4, -0.2) is 26.0 Å². The van der Waals surface area contributed by atoms with E-state index in [4.69, 9.17) is 11.6 Å². The molecule has 2 aromatic rings. The van der Waals surface area contributed by atoms with E-state index in [9.17, 15) is 18.3 Å². The smallest absolute Gasteiger partial charge is 0.240 e. The van der Waals surface area contributed by atoms with Crippen LogP contribution >= 0.6 is 11.6 Å². The fourth-order valence-electron chi connectivity index (χ4n) is 3.34. The van der Waals surface area contributed by atoms with E-state index in [0.717, 1.165) is 25.7 Å². The monoisotopic (exact) mass is 422 g/mol. The van der Waals surface area contributed by atoms with Crippen LogP contribution in [0.5, 0.6) is 5.75 Å². The largest absolute Gasteiger partial charge is 0.508 e. The molecule has 2 aromatic carbocycles.